The Hall–Kier alpha value is -0.393. The summed E-state index contributed by atoms with van der Waals surface area (Å²) >= 11 is 0. The highest BCUT2D eigenvalue weighted by Gasteiger charge is 2.10. The van der Waals surface area contributed by atoms with Crippen LogP contribution in [0.5, 0.6) is 0 Å². The minimum atomic E-state index is -0.158. The minimum absolute atomic E-state index is 0.142. The topological polar surface area (TPSA) is 44.8 Å². The summed E-state index contributed by atoms with van der Waals surface area (Å²) in [6, 6.07) is 0.767. The zero-order valence-electron chi connectivity index (χ0n) is 9.75. The number of ether oxygens (including phenoxy) is 3. The Balaban J connectivity index is 3.55. The van der Waals surface area contributed by atoms with E-state index < -0.39 is 0 Å². The molecule has 0 spiro atoms. The van der Waals surface area contributed by atoms with Crippen LogP contribution in [0, 0.1) is 0 Å². The fourth-order valence-corrected chi connectivity index (χ4v) is 2.15. The lowest BCUT2D eigenvalue weighted by Gasteiger charge is -2.15. The molecule has 0 bridgehead atoms. The second-order valence-corrected chi connectivity index (χ2v) is 4.13. The molecule has 0 aliphatic heterocycles. The van der Waals surface area contributed by atoms with Gasteiger partial charge in [0.1, 0.15) is 15.4 Å². The molecule has 0 aromatic rings. The van der Waals surface area contributed by atoms with Crippen molar-refractivity contribution in [3.8, 4) is 0 Å². The molecule has 0 aromatic carbocycles. The van der Waals surface area contributed by atoms with E-state index in [1.54, 1.807) is 0 Å². The first-order chi connectivity index (χ1) is 7.24. The Morgan fingerprint density at radius 3 is 2.20 bits per heavy atom. The summed E-state index contributed by atoms with van der Waals surface area (Å²) in [6.07, 6.45) is 0.447. The highest BCUT2D eigenvalue weighted by atomic mass is 28.2. The van der Waals surface area contributed by atoms with Crippen molar-refractivity contribution < 1.29 is 19.0 Å². The van der Waals surface area contributed by atoms with Crippen LogP contribution in [0.4, 0.5) is 0 Å². The van der Waals surface area contributed by atoms with E-state index in [1.807, 2.05) is 20.8 Å². The molecule has 0 saturated carbocycles. The average molecular weight is 232 g/mol. The molecule has 0 aliphatic rings. The third kappa shape index (κ3) is 8.59. The standard InChI is InChI=1S/C10H20O4Si/c1-4-12-9(11)7-8-15-10(13-5-2)14-6-3/h10H,4-8H2,1-3H3. The first-order valence-electron chi connectivity index (χ1n) is 5.36. The largest absolute Gasteiger partial charge is 0.466 e. The molecule has 0 aromatic heterocycles. The van der Waals surface area contributed by atoms with Crippen LogP contribution in [0.1, 0.15) is 27.2 Å². The summed E-state index contributed by atoms with van der Waals surface area (Å²) in [5.74, 6) is -0.300. The average Bonchev–Trinajstić information content (AvgIpc) is 2.19. The lowest BCUT2D eigenvalue weighted by Crippen LogP contribution is -2.25. The lowest BCUT2D eigenvalue weighted by atomic mass is 10.5. The maximum Gasteiger partial charge on any atom is 0.305 e. The van der Waals surface area contributed by atoms with E-state index in [9.17, 15) is 4.79 Å². The van der Waals surface area contributed by atoms with Gasteiger partial charge in [-0.25, -0.2) is 0 Å². The number of carbonyl (C=O) groups excluding carboxylic acids is 1. The Morgan fingerprint density at radius 1 is 1.13 bits per heavy atom. The van der Waals surface area contributed by atoms with Gasteiger partial charge in [0.05, 0.1) is 6.61 Å². The van der Waals surface area contributed by atoms with Gasteiger partial charge in [0.15, 0.2) is 0 Å². The second kappa shape index (κ2) is 10.1. The number of esters is 1. The fourth-order valence-electron chi connectivity index (χ4n) is 0.994. The molecule has 88 valence electrons. The Bertz CT molecular complexity index is 158. The zero-order chi connectivity index (χ0) is 11.5. The first-order valence-corrected chi connectivity index (χ1v) is 6.65. The molecular formula is C10H20O4Si. The van der Waals surface area contributed by atoms with Crippen molar-refractivity contribution in [3.63, 3.8) is 0 Å². The monoisotopic (exact) mass is 232 g/mol. The zero-order valence-corrected chi connectivity index (χ0v) is 10.7. The lowest BCUT2D eigenvalue weighted by molar-refractivity contribution is -0.142. The molecule has 15 heavy (non-hydrogen) atoms. The molecule has 0 aliphatic carbocycles. The van der Waals surface area contributed by atoms with Gasteiger partial charge in [-0.05, 0) is 26.8 Å². The van der Waals surface area contributed by atoms with Gasteiger partial charge in [-0.15, -0.1) is 0 Å². The van der Waals surface area contributed by atoms with Crippen LogP contribution in [0.25, 0.3) is 0 Å². The van der Waals surface area contributed by atoms with Gasteiger partial charge in [0.25, 0.3) is 0 Å². The molecule has 0 rings (SSSR count). The Kier molecular flexibility index (Phi) is 9.87. The molecule has 0 fully saturated rings. The van der Waals surface area contributed by atoms with Crippen molar-refractivity contribution in [1.29, 1.82) is 0 Å². The van der Waals surface area contributed by atoms with Crippen LogP contribution < -0.4 is 0 Å². The molecule has 5 heteroatoms. The minimum Gasteiger partial charge on any atom is -0.466 e. The van der Waals surface area contributed by atoms with Gasteiger partial charge in [-0.1, -0.05) is 0 Å². The first kappa shape index (κ1) is 14.6. The van der Waals surface area contributed by atoms with Gasteiger partial charge in [-0.2, -0.15) is 0 Å². The summed E-state index contributed by atoms with van der Waals surface area (Å²) < 4.78 is 15.6. The number of hydrogen-bond acceptors (Lipinski definition) is 4. The van der Waals surface area contributed by atoms with Crippen molar-refractivity contribution >= 4 is 15.5 Å². The van der Waals surface area contributed by atoms with E-state index in [0.717, 1.165) is 6.04 Å². The van der Waals surface area contributed by atoms with E-state index in [1.165, 1.54) is 0 Å². The predicted octanol–water partition coefficient (Wildman–Crippen LogP) is 1.42. The molecule has 2 radical (unpaired) electrons. The van der Waals surface area contributed by atoms with Crippen molar-refractivity contribution in [2.45, 2.75) is 39.1 Å². The quantitative estimate of drug-likeness (QED) is 0.342. The van der Waals surface area contributed by atoms with Crippen molar-refractivity contribution in [1.82, 2.24) is 0 Å². The molecule has 0 atom stereocenters. The smallest absolute Gasteiger partial charge is 0.305 e. The molecule has 0 saturated heterocycles. The summed E-state index contributed by atoms with van der Waals surface area (Å²) in [7, 11) is 0.489. The van der Waals surface area contributed by atoms with Gasteiger partial charge >= 0.3 is 5.97 Å². The number of carbonyl (C=O) groups is 1. The van der Waals surface area contributed by atoms with Crippen LogP contribution in [-0.2, 0) is 19.0 Å². The van der Waals surface area contributed by atoms with Crippen molar-refractivity contribution in [2.75, 3.05) is 19.8 Å². The maximum atomic E-state index is 11.0. The third-order valence-electron chi connectivity index (χ3n) is 1.58. The van der Waals surface area contributed by atoms with E-state index in [0.29, 0.717) is 35.8 Å². The van der Waals surface area contributed by atoms with Crippen LogP contribution >= 0.6 is 0 Å². The van der Waals surface area contributed by atoms with Gasteiger partial charge in [0, 0.05) is 19.6 Å². The van der Waals surface area contributed by atoms with E-state index in [4.69, 9.17) is 14.2 Å². The number of hydrogen-bond donors (Lipinski definition) is 0. The van der Waals surface area contributed by atoms with Gasteiger partial charge in [0.2, 0.25) is 0 Å². The summed E-state index contributed by atoms with van der Waals surface area (Å²) in [4.78, 5) is 11.0. The third-order valence-corrected chi connectivity index (χ3v) is 2.79. The molecular weight excluding hydrogens is 212 g/mol. The van der Waals surface area contributed by atoms with Crippen LogP contribution in [0.2, 0.25) is 6.04 Å². The van der Waals surface area contributed by atoms with E-state index in [2.05, 4.69) is 0 Å². The van der Waals surface area contributed by atoms with E-state index >= 15 is 0 Å². The van der Waals surface area contributed by atoms with Gasteiger partial charge < -0.3 is 14.2 Å². The van der Waals surface area contributed by atoms with Crippen LogP contribution in [-0.4, -0.2) is 41.2 Å². The fraction of sp³-hybridized carbons (Fsp3) is 0.900. The SMILES string of the molecule is CCOC(=O)CC[Si]C(OCC)OCC. The molecule has 0 N–H and O–H groups in total. The normalized spacial score (nSPS) is 10.7. The van der Waals surface area contributed by atoms with Gasteiger partial charge in [-0.3, -0.25) is 4.79 Å². The molecule has 0 unspecified atom stereocenters. The highest BCUT2D eigenvalue weighted by molar-refractivity contribution is 6.37. The van der Waals surface area contributed by atoms with E-state index in [-0.39, 0.29) is 11.9 Å². The molecule has 4 nitrogen and oxygen atoms in total. The van der Waals surface area contributed by atoms with Crippen LogP contribution in [0.3, 0.4) is 0 Å². The second-order valence-electron chi connectivity index (χ2n) is 2.75. The summed E-state index contributed by atoms with van der Waals surface area (Å²) in [5.41, 5.74) is 0. The maximum absolute atomic E-state index is 11.0. The summed E-state index contributed by atoms with van der Waals surface area (Å²) in [6.45, 7) is 7.39. The Labute approximate surface area is 94.1 Å². The molecule has 0 heterocycles. The van der Waals surface area contributed by atoms with Crippen molar-refractivity contribution in [2.24, 2.45) is 0 Å². The number of rotatable bonds is 9. The highest BCUT2D eigenvalue weighted by Crippen LogP contribution is 2.00. The van der Waals surface area contributed by atoms with Crippen LogP contribution in [0.15, 0.2) is 0 Å². The summed E-state index contributed by atoms with van der Waals surface area (Å²) in [5, 5.41) is 0. The predicted molar refractivity (Wildman–Crippen MR) is 58.9 cm³/mol. The van der Waals surface area contributed by atoms with Crippen molar-refractivity contribution in [3.05, 3.63) is 0 Å². The molecule has 0 amide bonds. The Morgan fingerprint density at radius 2 is 1.73 bits per heavy atom.